The number of furan rings is 1. The molecule has 1 heteroatoms. The van der Waals surface area contributed by atoms with Crippen molar-refractivity contribution in [2.45, 2.75) is 6.42 Å². The lowest BCUT2D eigenvalue weighted by atomic mass is 9.98. The summed E-state index contributed by atoms with van der Waals surface area (Å²) in [5, 5.41) is 3.81. The molecule has 4 rings (SSSR count). The van der Waals surface area contributed by atoms with Crippen molar-refractivity contribution in [2.24, 2.45) is 0 Å². The predicted molar refractivity (Wildman–Crippen MR) is 83.0 cm³/mol. The topological polar surface area (TPSA) is 13.1 Å². The minimum absolute atomic E-state index is 0.947. The Hall–Kier alpha value is -2.54. The Balaban J connectivity index is 1.80. The van der Waals surface area contributed by atoms with Crippen LogP contribution < -0.4 is 0 Å². The Bertz CT molecular complexity index is 881. The molecular weight excluding hydrogens is 244 g/mol. The summed E-state index contributed by atoms with van der Waals surface area (Å²) in [4.78, 5) is 0. The van der Waals surface area contributed by atoms with Crippen LogP contribution in [0.25, 0.3) is 21.7 Å². The van der Waals surface area contributed by atoms with Crippen molar-refractivity contribution in [1.82, 2.24) is 0 Å². The monoisotopic (exact) mass is 258 g/mol. The molecule has 0 bridgehead atoms. The van der Waals surface area contributed by atoms with Gasteiger partial charge in [0.2, 0.25) is 0 Å². The number of fused-ring (bicyclic) bond motifs is 2. The van der Waals surface area contributed by atoms with E-state index in [-0.39, 0.29) is 0 Å². The zero-order chi connectivity index (χ0) is 13.4. The Morgan fingerprint density at radius 2 is 1.65 bits per heavy atom. The first-order valence-electron chi connectivity index (χ1n) is 6.83. The van der Waals surface area contributed by atoms with E-state index in [4.69, 9.17) is 4.42 Å². The molecule has 96 valence electrons. The summed E-state index contributed by atoms with van der Waals surface area (Å²) in [5.74, 6) is 0. The molecule has 0 unspecified atom stereocenters. The van der Waals surface area contributed by atoms with Gasteiger partial charge in [0, 0.05) is 5.39 Å². The van der Waals surface area contributed by atoms with Gasteiger partial charge in [-0.2, -0.15) is 0 Å². The molecule has 1 nitrogen and oxygen atoms in total. The highest BCUT2D eigenvalue weighted by atomic mass is 16.3. The van der Waals surface area contributed by atoms with E-state index >= 15 is 0 Å². The van der Waals surface area contributed by atoms with Gasteiger partial charge in [0.15, 0.2) is 0 Å². The molecular formula is C19H14O. The Morgan fingerprint density at radius 1 is 0.750 bits per heavy atom. The van der Waals surface area contributed by atoms with Crippen molar-refractivity contribution in [3.8, 4) is 0 Å². The van der Waals surface area contributed by atoms with Crippen LogP contribution in [-0.2, 0) is 6.42 Å². The van der Waals surface area contributed by atoms with E-state index in [9.17, 15) is 0 Å². The molecule has 1 aromatic heterocycles. The minimum Gasteiger partial charge on any atom is -0.464 e. The largest absolute Gasteiger partial charge is 0.464 e. The summed E-state index contributed by atoms with van der Waals surface area (Å²) >= 11 is 0. The number of hydrogen-bond donors (Lipinski definition) is 0. The summed E-state index contributed by atoms with van der Waals surface area (Å²) < 4.78 is 5.39. The first-order valence-corrected chi connectivity index (χ1v) is 6.83. The van der Waals surface area contributed by atoms with Crippen molar-refractivity contribution >= 4 is 21.7 Å². The maximum atomic E-state index is 5.39. The first kappa shape index (κ1) is 11.3. The van der Waals surface area contributed by atoms with Gasteiger partial charge < -0.3 is 4.42 Å². The van der Waals surface area contributed by atoms with Gasteiger partial charge >= 0.3 is 0 Å². The van der Waals surface area contributed by atoms with Crippen molar-refractivity contribution in [3.63, 3.8) is 0 Å². The molecule has 0 spiro atoms. The molecule has 3 aromatic carbocycles. The molecule has 0 aliphatic carbocycles. The smallest absolute Gasteiger partial charge is 0.133 e. The molecule has 0 saturated carbocycles. The average molecular weight is 258 g/mol. The Kier molecular flexibility index (Phi) is 2.56. The minimum atomic E-state index is 0.947. The molecule has 0 fully saturated rings. The van der Waals surface area contributed by atoms with Crippen LogP contribution in [0.3, 0.4) is 0 Å². The molecule has 4 aromatic rings. The van der Waals surface area contributed by atoms with Gasteiger partial charge in [0.25, 0.3) is 0 Å². The second-order valence-electron chi connectivity index (χ2n) is 5.11. The van der Waals surface area contributed by atoms with Crippen LogP contribution in [0.1, 0.15) is 11.1 Å². The molecule has 0 saturated heterocycles. The highest BCUT2D eigenvalue weighted by Gasteiger charge is 2.03. The fourth-order valence-corrected chi connectivity index (χ4v) is 2.79. The van der Waals surface area contributed by atoms with E-state index in [2.05, 4.69) is 60.7 Å². The average Bonchev–Trinajstić information content (AvgIpc) is 2.95. The van der Waals surface area contributed by atoms with Gasteiger partial charge in [-0.25, -0.2) is 0 Å². The summed E-state index contributed by atoms with van der Waals surface area (Å²) in [7, 11) is 0. The van der Waals surface area contributed by atoms with Gasteiger partial charge in [-0.1, -0.05) is 48.5 Å². The van der Waals surface area contributed by atoms with E-state index < -0.39 is 0 Å². The fourth-order valence-electron chi connectivity index (χ4n) is 2.79. The van der Waals surface area contributed by atoms with Crippen LogP contribution in [-0.4, -0.2) is 0 Å². The van der Waals surface area contributed by atoms with Crippen molar-refractivity contribution in [1.29, 1.82) is 0 Å². The van der Waals surface area contributed by atoms with E-state index in [1.807, 2.05) is 6.07 Å². The van der Waals surface area contributed by atoms with Crippen molar-refractivity contribution in [2.75, 3.05) is 0 Å². The van der Waals surface area contributed by atoms with E-state index in [0.717, 1.165) is 12.0 Å². The van der Waals surface area contributed by atoms with Crippen LogP contribution in [0, 0.1) is 0 Å². The van der Waals surface area contributed by atoms with Crippen molar-refractivity contribution < 1.29 is 4.42 Å². The van der Waals surface area contributed by atoms with Gasteiger partial charge in [0.05, 0.1) is 6.26 Å². The summed E-state index contributed by atoms with van der Waals surface area (Å²) in [6.45, 7) is 0. The zero-order valence-electron chi connectivity index (χ0n) is 11.0. The molecule has 0 aliphatic rings. The molecule has 0 atom stereocenters. The van der Waals surface area contributed by atoms with Gasteiger partial charge in [0.1, 0.15) is 5.58 Å². The van der Waals surface area contributed by atoms with Gasteiger partial charge in [-0.15, -0.1) is 0 Å². The normalized spacial score (nSPS) is 11.2. The summed E-state index contributed by atoms with van der Waals surface area (Å²) in [6, 6.07) is 23.5. The second kappa shape index (κ2) is 4.53. The van der Waals surface area contributed by atoms with Crippen LogP contribution in [0.15, 0.2) is 77.4 Å². The van der Waals surface area contributed by atoms with Gasteiger partial charge in [-0.3, -0.25) is 0 Å². The fraction of sp³-hybridized carbons (Fsp3) is 0.0526. The van der Waals surface area contributed by atoms with Crippen LogP contribution in [0.2, 0.25) is 0 Å². The van der Waals surface area contributed by atoms with E-state index in [1.165, 1.54) is 27.3 Å². The maximum absolute atomic E-state index is 5.39. The zero-order valence-corrected chi connectivity index (χ0v) is 11.0. The maximum Gasteiger partial charge on any atom is 0.133 e. The second-order valence-corrected chi connectivity index (χ2v) is 5.11. The first-order chi connectivity index (χ1) is 9.90. The SMILES string of the molecule is c1ccc2c(Cc3ccc4occc4c3)cccc2c1. The third kappa shape index (κ3) is 1.88. The van der Waals surface area contributed by atoms with Crippen LogP contribution in [0.4, 0.5) is 0 Å². The lowest BCUT2D eigenvalue weighted by Crippen LogP contribution is -1.89. The van der Waals surface area contributed by atoms with E-state index in [1.54, 1.807) is 6.26 Å². The number of hydrogen-bond acceptors (Lipinski definition) is 1. The summed E-state index contributed by atoms with van der Waals surface area (Å²) in [5.41, 5.74) is 3.63. The van der Waals surface area contributed by atoms with Crippen LogP contribution >= 0.6 is 0 Å². The summed E-state index contributed by atoms with van der Waals surface area (Å²) in [6.07, 6.45) is 2.69. The van der Waals surface area contributed by atoms with Crippen molar-refractivity contribution in [3.05, 3.63) is 84.1 Å². The number of benzene rings is 3. The Morgan fingerprint density at radius 3 is 2.65 bits per heavy atom. The van der Waals surface area contributed by atoms with Crippen LogP contribution in [0.5, 0.6) is 0 Å². The molecule has 1 heterocycles. The molecule has 0 amide bonds. The third-order valence-electron chi connectivity index (χ3n) is 3.79. The standard InChI is InChI=1S/C19H14O/c1-2-7-18-15(4-1)5-3-6-16(18)12-14-8-9-19-17(13-14)10-11-20-19/h1-11,13H,12H2. The highest BCUT2D eigenvalue weighted by molar-refractivity contribution is 5.86. The molecule has 0 aliphatic heterocycles. The Labute approximate surface area is 117 Å². The predicted octanol–water partition coefficient (Wildman–Crippen LogP) is 5.18. The number of rotatable bonds is 2. The quantitative estimate of drug-likeness (QED) is 0.483. The van der Waals surface area contributed by atoms with E-state index in [0.29, 0.717) is 0 Å². The third-order valence-corrected chi connectivity index (χ3v) is 3.79. The molecule has 0 radical (unpaired) electrons. The highest BCUT2D eigenvalue weighted by Crippen LogP contribution is 2.23. The molecule has 0 N–H and O–H groups in total. The lowest BCUT2D eigenvalue weighted by Gasteiger charge is -2.07. The molecule has 20 heavy (non-hydrogen) atoms. The lowest BCUT2D eigenvalue weighted by molar-refractivity contribution is 0.616. The van der Waals surface area contributed by atoms with Gasteiger partial charge in [-0.05, 0) is 46.5 Å².